The van der Waals surface area contributed by atoms with Crippen molar-refractivity contribution in [3.8, 4) is 0 Å². The summed E-state index contributed by atoms with van der Waals surface area (Å²) in [5.41, 5.74) is 1.02. The van der Waals surface area contributed by atoms with Crippen LogP contribution in [0.5, 0.6) is 0 Å². The van der Waals surface area contributed by atoms with Gasteiger partial charge in [0.25, 0.3) is 0 Å². The minimum absolute atomic E-state index is 0.177. The Morgan fingerprint density at radius 2 is 2.20 bits per heavy atom. The zero-order valence-corrected chi connectivity index (χ0v) is 7.09. The highest BCUT2D eigenvalue weighted by Gasteiger charge is 1.89. The van der Waals surface area contributed by atoms with Gasteiger partial charge in [-0.05, 0) is 19.9 Å². The first kappa shape index (κ1) is 9.37. The molecule has 0 amide bonds. The van der Waals surface area contributed by atoms with Crippen molar-refractivity contribution in [1.82, 2.24) is 0 Å². The summed E-state index contributed by atoms with van der Waals surface area (Å²) in [6, 6.07) is 0. The van der Waals surface area contributed by atoms with E-state index in [9.17, 15) is 0 Å². The molecule has 0 heterocycles. The van der Waals surface area contributed by atoms with Gasteiger partial charge >= 0.3 is 0 Å². The van der Waals surface area contributed by atoms with Gasteiger partial charge in [-0.2, -0.15) is 0 Å². The van der Waals surface area contributed by atoms with Crippen LogP contribution in [0.15, 0.2) is 17.1 Å². The van der Waals surface area contributed by atoms with Crippen molar-refractivity contribution in [2.45, 2.75) is 20.0 Å². The summed E-state index contributed by atoms with van der Waals surface area (Å²) in [6.45, 7) is 3.94. The first-order valence-electron chi connectivity index (χ1n) is 3.35. The van der Waals surface area contributed by atoms with E-state index in [1.54, 1.807) is 14.2 Å². The average molecular weight is 141 g/mol. The third kappa shape index (κ3) is 4.27. The van der Waals surface area contributed by atoms with Gasteiger partial charge in [-0.25, -0.2) is 0 Å². The molecule has 1 unspecified atom stereocenters. The SMILES string of the molecule is CN=C(C)/C=C\C(C)OC. The Morgan fingerprint density at radius 3 is 2.60 bits per heavy atom. The van der Waals surface area contributed by atoms with Crippen molar-refractivity contribution in [2.24, 2.45) is 4.99 Å². The Morgan fingerprint density at radius 1 is 1.60 bits per heavy atom. The van der Waals surface area contributed by atoms with Crippen molar-refractivity contribution < 1.29 is 4.74 Å². The van der Waals surface area contributed by atoms with Gasteiger partial charge in [0.2, 0.25) is 0 Å². The molecule has 0 aromatic heterocycles. The Bertz CT molecular complexity index is 138. The highest BCUT2D eigenvalue weighted by atomic mass is 16.5. The summed E-state index contributed by atoms with van der Waals surface area (Å²) in [6.07, 6.45) is 4.10. The molecule has 0 aliphatic heterocycles. The molecule has 0 N–H and O–H groups in total. The van der Waals surface area contributed by atoms with Gasteiger partial charge in [0, 0.05) is 19.9 Å². The van der Waals surface area contributed by atoms with Crippen LogP contribution >= 0.6 is 0 Å². The number of allylic oxidation sites excluding steroid dienone is 1. The number of ether oxygens (including phenoxy) is 1. The van der Waals surface area contributed by atoms with E-state index in [2.05, 4.69) is 4.99 Å². The molecule has 0 spiro atoms. The second-order valence-corrected chi connectivity index (χ2v) is 2.16. The number of hydrogen-bond donors (Lipinski definition) is 0. The maximum Gasteiger partial charge on any atom is 0.0727 e. The molecule has 0 aliphatic carbocycles. The third-order valence-corrected chi connectivity index (χ3v) is 1.33. The lowest BCUT2D eigenvalue weighted by atomic mass is 10.3. The molecule has 0 saturated carbocycles. The second-order valence-electron chi connectivity index (χ2n) is 2.16. The van der Waals surface area contributed by atoms with Crippen LogP contribution in [0.1, 0.15) is 13.8 Å². The minimum Gasteiger partial charge on any atom is -0.378 e. The first-order chi connectivity index (χ1) is 4.70. The largest absolute Gasteiger partial charge is 0.378 e. The fourth-order valence-corrected chi connectivity index (χ4v) is 0.428. The fourth-order valence-electron chi connectivity index (χ4n) is 0.428. The van der Waals surface area contributed by atoms with Gasteiger partial charge in [0.1, 0.15) is 0 Å². The lowest BCUT2D eigenvalue weighted by Gasteiger charge is -2.00. The maximum absolute atomic E-state index is 5.00. The molecule has 0 aromatic rings. The average Bonchev–Trinajstić information content (AvgIpc) is 1.99. The summed E-state index contributed by atoms with van der Waals surface area (Å²) in [7, 11) is 3.46. The summed E-state index contributed by atoms with van der Waals surface area (Å²) in [5, 5.41) is 0. The molecule has 2 nitrogen and oxygen atoms in total. The van der Waals surface area contributed by atoms with Crippen LogP contribution in [0.3, 0.4) is 0 Å². The molecule has 0 bridgehead atoms. The van der Waals surface area contributed by atoms with Crippen molar-refractivity contribution in [3.05, 3.63) is 12.2 Å². The summed E-state index contributed by atoms with van der Waals surface area (Å²) < 4.78 is 5.00. The topological polar surface area (TPSA) is 21.6 Å². The molecule has 0 saturated heterocycles. The van der Waals surface area contributed by atoms with Crippen LogP contribution in [0, 0.1) is 0 Å². The summed E-state index contributed by atoms with van der Waals surface area (Å²) >= 11 is 0. The quantitative estimate of drug-likeness (QED) is 0.548. The molecule has 1 atom stereocenters. The molecular formula is C8H15NO. The van der Waals surface area contributed by atoms with E-state index in [1.165, 1.54) is 0 Å². The number of hydrogen-bond acceptors (Lipinski definition) is 2. The van der Waals surface area contributed by atoms with Crippen molar-refractivity contribution in [3.63, 3.8) is 0 Å². The third-order valence-electron chi connectivity index (χ3n) is 1.33. The molecule has 0 fully saturated rings. The van der Waals surface area contributed by atoms with Gasteiger partial charge in [-0.3, -0.25) is 4.99 Å². The van der Waals surface area contributed by atoms with E-state index in [0.29, 0.717) is 0 Å². The van der Waals surface area contributed by atoms with Gasteiger partial charge in [-0.1, -0.05) is 6.08 Å². The van der Waals surface area contributed by atoms with Crippen molar-refractivity contribution in [2.75, 3.05) is 14.2 Å². The fraction of sp³-hybridized carbons (Fsp3) is 0.625. The molecular weight excluding hydrogens is 126 g/mol. The van der Waals surface area contributed by atoms with E-state index < -0.39 is 0 Å². The molecule has 0 aromatic carbocycles. The van der Waals surface area contributed by atoms with Crippen LogP contribution in [0.2, 0.25) is 0 Å². The smallest absolute Gasteiger partial charge is 0.0727 e. The maximum atomic E-state index is 5.00. The zero-order chi connectivity index (χ0) is 7.98. The van der Waals surface area contributed by atoms with E-state index in [0.717, 1.165) is 5.71 Å². The number of aliphatic imine (C=N–C) groups is 1. The van der Waals surface area contributed by atoms with Crippen LogP contribution in [0.25, 0.3) is 0 Å². The van der Waals surface area contributed by atoms with Crippen molar-refractivity contribution in [1.29, 1.82) is 0 Å². The first-order valence-corrected chi connectivity index (χ1v) is 3.35. The number of rotatable bonds is 3. The normalized spacial score (nSPS) is 16.2. The highest BCUT2D eigenvalue weighted by Crippen LogP contribution is 1.90. The lowest BCUT2D eigenvalue weighted by Crippen LogP contribution is -1.99. The Hall–Kier alpha value is -0.630. The van der Waals surface area contributed by atoms with E-state index in [1.807, 2.05) is 26.0 Å². The summed E-state index contributed by atoms with van der Waals surface area (Å²) in [4.78, 5) is 3.97. The molecule has 10 heavy (non-hydrogen) atoms. The molecule has 0 aliphatic rings. The number of methoxy groups -OCH3 is 1. The van der Waals surface area contributed by atoms with Crippen LogP contribution in [-0.4, -0.2) is 26.0 Å². The van der Waals surface area contributed by atoms with Gasteiger partial charge < -0.3 is 4.74 Å². The van der Waals surface area contributed by atoms with Crippen molar-refractivity contribution >= 4 is 5.71 Å². The van der Waals surface area contributed by atoms with E-state index in [4.69, 9.17) is 4.74 Å². The Labute approximate surface area is 62.6 Å². The van der Waals surface area contributed by atoms with Crippen LogP contribution in [-0.2, 0) is 4.74 Å². The standard InChI is InChI=1S/C8H15NO/c1-7(9-3)5-6-8(2)10-4/h5-6,8H,1-4H3/b6-5-,9-7?. The second kappa shape index (κ2) is 5.18. The Balaban J connectivity index is 3.75. The molecule has 2 heteroatoms. The lowest BCUT2D eigenvalue weighted by molar-refractivity contribution is 0.156. The zero-order valence-electron chi connectivity index (χ0n) is 7.09. The van der Waals surface area contributed by atoms with Gasteiger partial charge in [-0.15, -0.1) is 0 Å². The highest BCUT2D eigenvalue weighted by molar-refractivity contribution is 5.92. The van der Waals surface area contributed by atoms with Crippen LogP contribution < -0.4 is 0 Å². The predicted molar refractivity (Wildman–Crippen MR) is 44.6 cm³/mol. The molecule has 0 radical (unpaired) electrons. The van der Waals surface area contributed by atoms with E-state index >= 15 is 0 Å². The molecule has 58 valence electrons. The minimum atomic E-state index is 0.177. The monoisotopic (exact) mass is 141 g/mol. The Kier molecular flexibility index (Phi) is 4.85. The number of nitrogens with zero attached hydrogens (tertiary/aromatic N) is 1. The van der Waals surface area contributed by atoms with E-state index in [-0.39, 0.29) is 6.10 Å². The van der Waals surface area contributed by atoms with Gasteiger partial charge in [0.05, 0.1) is 6.10 Å². The predicted octanol–water partition coefficient (Wildman–Crippen LogP) is 1.67. The molecule has 0 rings (SSSR count). The van der Waals surface area contributed by atoms with Gasteiger partial charge in [0.15, 0.2) is 0 Å². The summed E-state index contributed by atoms with van der Waals surface area (Å²) in [5.74, 6) is 0. The van der Waals surface area contributed by atoms with Crippen LogP contribution in [0.4, 0.5) is 0 Å².